The van der Waals surface area contributed by atoms with Crippen LogP contribution in [-0.2, 0) is 41.6 Å². The first-order valence-electron chi connectivity index (χ1n) is 15.4. The SMILES string of the molecule is CNCC(=O)N[C@@H](Cc1cnc[nH]1)C(=O)NCC(=O)NC(CCCN=C(N)N)C(=O)NC(Cc1c[nH]c2ccccc12)C(=O)NCC(N)=O. The van der Waals surface area contributed by atoms with Gasteiger partial charge < -0.3 is 59.1 Å². The van der Waals surface area contributed by atoms with Crippen LogP contribution in [0.3, 0.4) is 0 Å². The first kappa shape index (κ1) is 37.5. The number of H-pyrrole nitrogens is 2. The molecule has 3 atom stereocenters. The van der Waals surface area contributed by atoms with Gasteiger partial charge in [-0.15, -0.1) is 0 Å². The van der Waals surface area contributed by atoms with E-state index >= 15 is 0 Å². The molecule has 49 heavy (non-hydrogen) atoms. The second kappa shape index (κ2) is 19.0. The minimum Gasteiger partial charge on any atom is -0.370 e. The fraction of sp³-hybridized carbons (Fsp3) is 0.400. The standard InChI is InChI=1S/C30H43N13O6/c1-34-14-25(45)42-23(10-18-12-35-16-40-18)28(48)39-15-26(46)41-21(7-4-8-36-30(32)33)29(49)43-22(27(47)38-13-24(31)44)9-17-11-37-20-6-3-2-5-19(17)20/h2-3,5-6,11-12,16,21-23,34,37H,4,7-10,13-15H2,1H3,(H2,31,44)(H,35,40)(H,38,47)(H,39,48)(H,41,46)(H,42,45)(H,43,49)(H4,32,33,36)/t21?,22?,23-/m0/s1. The number of rotatable bonds is 20. The third-order valence-corrected chi connectivity index (χ3v) is 7.16. The zero-order valence-electron chi connectivity index (χ0n) is 27.0. The maximum atomic E-state index is 13.6. The monoisotopic (exact) mass is 681 g/mol. The molecule has 0 bridgehead atoms. The van der Waals surface area contributed by atoms with Crippen LogP contribution in [0.4, 0.5) is 0 Å². The van der Waals surface area contributed by atoms with Gasteiger partial charge in [0.15, 0.2) is 5.96 Å². The van der Waals surface area contributed by atoms with Crippen molar-refractivity contribution >= 4 is 52.3 Å². The number of amides is 6. The number of aromatic nitrogens is 3. The Labute approximate surface area is 281 Å². The largest absolute Gasteiger partial charge is 0.370 e. The van der Waals surface area contributed by atoms with Gasteiger partial charge in [-0.1, -0.05) is 18.2 Å². The lowest BCUT2D eigenvalue weighted by molar-refractivity contribution is -0.133. The number of guanidine groups is 1. The molecule has 3 rings (SSSR count). The molecule has 1 aromatic carbocycles. The minimum absolute atomic E-state index is 0.0360. The number of fused-ring (bicyclic) bond motifs is 1. The molecule has 0 radical (unpaired) electrons. The lowest BCUT2D eigenvalue weighted by Gasteiger charge is -2.23. The molecule has 2 unspecified atom stereocenters. The van der Waals surface area contributed by atoms with Crippen molar-refractivity contribution in [3.05, 3.63) is 54.2 Å². The number of imidazole rings is 1. The van der Waals surface area contributed by atoms with Crippen LogP contribution < -0.4 is 49.1 Å². The Balaban J connectivity index is 1.73. The first-order valence-corrected chi connectivity index (χ1v) is 15.4. The summed E-state index contributed by atoms with van der Waals surface area (Å²) in [5.41, 5.74) is 18.1. The molecule has 19 heteroatoms. The summed E-state index contributed by atoms with van der Waals surface area (Å²) in [6.45, 7) is -0.867. The molecule has 2 aromatic heterocycles. The molecule has 19 nitrogen and oxygen atoms in total. The summed E-state index contributed by atoms with van der Waals surface area (Å²) in [5, 5.41) is 16.3. The summed E-state index contributed by atoms with van der Waals surface area (Å²) >= 11 is 0. The van der Waals surface area contributed by atoms with Crippen molar-refractivity contribution in [2.75, 3.05) is 33.2 Å². The van der Waals surface area contributed by atoms with Crippen molar-refractivity contribution in [3.8, 4) is 0 Å². The van der Waals surface area contributed by atoms with Crippen LogP contribution in [0.5, 0.6) is 0 Å². The number of carbonyl (C=O) groups is 6. The number of likely N-dealkylation sites (N-methyl/N-ethyl adjacent to an activating group) is 1. The highest BCUT2D eigenvalue weighted by molar-refractivity contribution is 5.95. The van der Waals surface area contributed by atoms with Crippen LogP contribution in [0.1, 0.15) is 24.1 Å². The van der Waals surface area contributed by atoms with Crippen LogP contribution in [0.25, 0.3) is 10.9 Å². The van der Waals surface area contributed by atoms with E-state index in [9.17, 15) is 28.8 Å². The van der Waals surface area contributed by atoms with Crippen molar-refractivity contribution < 1.29 is 28.8 Å². The number of hydrogen-bond donors (Lipinski definition) is 11. The normalized spacial score (nSPS) is 12.6. The van der Waals surface area contributed by atoms with Gasteiger partial charge in [0.2, 0.25) is 35.4 Å². The molecule has 14 N–H and O–H groups in total. The van der Waals surface area contributed by atoms with Crippen molar-refractivity contribution in [2.24, 2.45) is 22.2 Å². The fourth-order valence-electron chi connectivity index (χ4n) is 4.84. The first-order chi connectivity index (χ1) is 23.5. The number of aromatic amines is 2. The highest BCUT2D eigenvalue weighted by atomic mass is 16.2. The van der Waals surface area contributed by atoms with E-state index in [1.165, 1.54) is 12.5 Å². The van der Waals surface area contributed by atoms with Crippen molar-refractivity contribution in [1.82, 2.24) is 46.9 Å². The van der Waals surface area contributed by atoms with Crippen molar-refractivity contribution in [3.63, 3.8) is 0 Å². The van der Waals surface area contributed by atoms with Crippen molar-refractivity contribution in [1.29, 1.82) is 0 Å². The van der Waals surface area contributed by atoms with Crippen LogP contribution in [0.15, 0.2) is 48.0 Å². The number of hydrogen-bond acceptors (Lipinski definition) is 9. The van der Waals surface area contributed by atoms with Gasteiger partial charge in [0.1, 0.15) is 18.1 Å². The van der Waals surface area contributed by atoms with Crippen LogP contribution in [-0.4, -0.2) is 108 Å². The average Bonchev–Trinajstić information content (AvgIpc) is 3.73. The number of carbonyl (C=O) groups excluding carboxylic acids is 6. The number of para-hydroxylation sites is 1. The van der Waals surface area contributed by atoms with E-state index < -0.39 is 66.7 Å². The molecule has 0 aliphatic rings. The summed E-state index contributed by atoms with van der Waals surface area (Å²) in [7, 11) is 1.58. The van der Waals surface area contributed by atoms with Gasteiger partial charge in [-0.05, 0) is 31.5 Å². The van der Waals surface area contributed by atoms with Gasteiger partial charge in [0.05, 0.1) is 26.0 Å². The van der Waals surface area contributed by atoms with E-state index in [2.05, 4.69) is 51.8 Å². The molecule has 0 fully saturated rings. The van der Waals surface area contributed by atoms with Gasteiger partial charge in [-0.2, -0.15) is 0 Å². The smallest absolute Gasteiger partial charge is 0.243 e. The maximum absolute atomic E-state index is 13.6. The van der Waals surface area contributed by atoms with Crippen LogP contribution in [0.2, 0.25) is 0 Å². The van der Waals surface area contributed by atoms with E-state index in [4.69, 9.17) is 17.2 Å². The van der Waals surface area contributed by atoms with Crippen LogP contribution in [0, 0.1) is 0 Å². The van der Waals surface area contributed by atoms with Gasteiger partial charge in [0.25, 0.3) is 0 Å². The Kier molecular flexibility index (Phi) is 14.5. The summed E-state index contributed by atoms with van der Waals surface area (Å²) in [5.74, 6) is -4.10. The maximum Gasteiger partial charge on any atom is 0.243 e. The summed E-state index contributed by atoms with van der Waals surface area (Å²) in [6, 6.07) is 4.02. The Morgan fingerprint density at radius 3 is 2.16 bits per heavy atom. The Bertz CT molecular complexity index is 1620. The molecule has 2 heterocycles. The minimum atomic E-state index is -1.18. The number of aliphatic imine (C=N–C) groups is 1. The fourth-order valence-corrected chi connectivity index (χ4v) is 4.84. The van der Waals surface area contributed by atoms with Gasteiger partial charge in [-0.3, -0.25) is 33.8 Å². The molecule has 0 spiro atoms. The van der Waals surface area contributed by atoms with E-state index in [0.717, 1.165) is 16.5 Å². The Hall–Kier alpha value is -5.98. The highest BCUT2D eigenvalue weighted by Crippen LogP contribution is 2.19. The molecule has 0 saturated carbocycles. The van der Waals surface area contributed by atoms with E-state index in [-0.39, 0.29) is 44.7 Å². The van der Waals surface area contributed by atoms with E-state index in [0.29, 0.717) is 5.69 Å². The Morgan fingerprint density at radius 1 is 0.816 bits per heavy atom. The molecular weight excluding hydrogens is 638 g/mol. The predicted molar refractivity (Wildman–Crippen MR) is 179 cm³/mol. The van der Waals surface area contributed by atoms with Crippen LogP contribution >= 0.6 is 0 Å². The third kappa shape index (κ3) is 12.6. The summed E-state index contributed by atoms with van der Waals surface area (Å²) in [6.07, 6.45) is 5.10. The third-order valence-electron chi connectivity index (χ3n) is 7.16. The zero-order chi connectivity index (χ0) is 35.8. The van der Waals surface area contributed by atoms with E-state index in [1.807, 2.05) is 24.3 Å². The zero-order valence-corrected chi connectivity index (χ0v) is 27.0. The molecular formula is C30H43N13O6. The number of primary amides is 1. The number of nitrogens with zero attached hydrogens (tertiary/aromatic N) is 2. The predicted octanol–water partition coefficient (Wildman–Crippen LogP) is -3.88. The number of nitrogens with one attached hydrogen (secondary N) is 8. The lowest BCUT2D eigenvalue weighted by Crippen LogP contribution is -2.56. The topological polar surface area (TPSA) is 309 Å². The second-order valence-corrected chi connectivity index (χ2v) is 11.0. The molecule has 0 aliphatic carbocycles. The van der Waals surface area contributed by atoms with Crippen molar-refractivity contribution in [2.45, 2.75) is 43.8 Å². The van der Waals surface area contributed by atoms with Gasteiger partial charge in [0, 0.05) is 48.4 Å². The second-order valence-electron chi connectivity index (χ2n) is 11.0. The average molecular weight is 682 g/mol. The lowest BCUT2D eigenvalue weighted by atomic mass is 10.0. The molecule has 0 aliphatic heterocycles. The summed E-state index contributed by atoms with van der Waals surface area (Å²) < 4.78 is 0. The molecule has 264 valence electrons. The number of nitrogens with two attached hydrogens (primary N) is 3. The van der Waals surface area contributed by atoms with E-state index in [1.54, 1.807) is 13.2 Å². The van der Waals surface area contributed by atoms with Gasteiger partial charge >= 0.3 is 0 Å². The molecule has 6 amide bonds. The highest BCUT2D eigenvalue weighted by Gasteiger charge is 2.28. The quantitative estimate of drug-likeness (QED) is 0.0313. The molecule has 0 saturated heterocycles. The Morgan fingerprint density at radius 2 is 1.49 bits per heavy atom. The summed E-state index contributed by atoms with van der Waals surface area (Å²) in [4.78, 5) is 90.2. The molecule has 3 aromatic rings. The number of benzene rings is 1. The van der Waals surface area contributed by atoms with Gasteiger partial charge in [-0.25, -0.2) is 4.98 Å².